The molecule has 8 heteroatoms. The van der Waals surface area contributed by atoms with Crippen LogP contribution in [0.25, 0.3) is 0 Å². The Morgan fingerprint density at radius 1 is 1.17 bits per heavy atom. The second-order valence-corrected chi connectivity index (χ2v) is 7.66. The number of amides is 1. The Kier molecular flexibility index (Phi) is 7.25. The molecule has 0 aliphatic carbocycles. The first-order chi connectivity index (χ1) is 13.9. The highest BCUT2D eigenvalue weighted by Crippen LogP contribution is 2.27. The van der Waals surface area contributed by atoms with Gasteiger partial charge < -0.3 is 9.73 Å². The second kappa shape index (κ2) is 9.87. The molecule has 2 heterocycles. The van der Waals surface area contributed by atoms with Crippen LogP contribution in [0.1, 0.15) is 41.4 Å². The van der Waals surface area contributed by atoms with Crippen LogP contribution in [0.2, 0.25) is 10.0 Å². The minimum absolute atomic E-state index is 0.209. The van der Waals surface area contributed by atoms with Crippen LogP contribution in [0.4, 0.5) is 0 Å². The molecule has 1 aromatic carbocycles. The largest absolute Gasteiger partial charge is 0.447 e. The summed E-state index contributed by atoms with van der Waals surface area (Å²) in [6.07, 6.45) is 4.74. The summed E-state index contributed by atoms with van der Waals surface area (Å²) >= 11 is 12.4. The van der Waals surface area contributed by atoms with Crippen molar-refractivity contribution in [1.82, 2.24) is 20.2 Å². The fourth-order valence-corrected chi connectivity index (χ4v) is 3.13. The number of oxazole rings is 1. The third-order valence-electron chi connectivity index (χ3n) is 4.46. The molecule has 0 saturated heterocycles. The van der Waals surface area contributed by atoms with Crippen molar-refractivity contribution >= 4 is 29.1 Å². The first-order valence-electron chi connectivity index (χ1n) is 9.22. The molecule has 0 atom stereocenters. The van der Waals surface area contributed by atoms with Crippen LogP contribution in [0.3, 0.4) is 0 Å². The van der Waals surface area contributed by atoms with Gasteiger partial charge in [-0.1, -0.05) is 35.3 Å². The molecule has 0 bridgehead atoms. The molecule has 0 aliphatic heterocycles. The Morgan fingerprint density at radius 2 is 1.93 bits per heavy atom. The van der Waals surface area contributed by atoms with Crippen LogP contribution in [0.15, 0.2) is 53.4 Å². The highest BCUT2D eigenvalue weighted by Gasteiger charge is 2.18. The van der Waals surface area contributed by atoms with Gasteiger partial charge in [0, 0.05) is 31.5 Å². The minimum Gasteiger partial charge on any atom is -0.447 e. The van der Waals surface area contributed by atoms with Crippen molar-refractivity contribution in [2.75, 3.05) is 0 Å². The molecule has 3 rings (SSSR count). The van der Waals surface area contributed by atoms with E-state index in [-0.39, 0.29) is 17.6 Å². The van der Waals surface area contributed by atoms with Gasteiger partial charge in [0.25, 0.3) is 5.91 Å². The molecule has 0 radical (unpaired) electrons. The lowest BCUT2D eigenvalue weighted by atomic mass is 10.2. The molecule has 1 amide bonds. The Balaban J connectivity index is 1.63. The molecule has 6 nitrogen and oxygen atoms in total. The normalized spacial score (nSPS) is 11.2. The lowest BCUT2D eigenvalue weighted by Crippen LogP contribution is -2.30. The zero-order valence-electron chi connectivity index (χ0n) is 16.2. The third-order valence-corrected chi connectivity index (χ3v) is 5.32. The van der Waals surface area contributed by atoms with Gasteiger partial charge in [0.05, 0.1) is 16.6 Å². The third kappa shape index (κ3) is 5.79. The van der Waals surface area contributed by atoms with Crippen molar-refractivity contribution in [3.63, 3.8) is 0 Å². The highest BCUT2D eigenvalue weighted by atomic mass is 35.5. The Labute approximate surface area is 179 Å². The maximum atomic E-state index is 12.3. The number of carbonyl (C=O) groups excluding carboxylic acids is 1. The summed E-state index contributed by atoms with van der Waals surface area (Å²) in [6.45, 7) is 5.57. The number of halogens is 2. The van der Waals surface area contributed by atoms with Gasteiger partial charge in [-0.15, -0.1) is 0 Å². The van der Waals surface area contributed by atoms with E-state index in [0.29, 0.717) is 35.6 Å². The maximum Gasteiger partial charge on any atom is 0.273 e. The number of hydrogen-bond donors (Lipinski definition) is 1. The predicted octanol–water partition coefficient (Wildman–Crippen LogP) is 4.72. The number of nitrogens with one attached hydrogen (secondary N) is 1. The van der Waals surface area contributed by atoms with Crippen molar-refractivity contribution in [3.8, 4) is 0 Å². The van der Waals surface area contributed by atoms with E-state index in [4.69, 9.17) is 27.6 Å². The zero-order chi connectivity index (χ0) is 20.8. The molecule has 0 spiro atoms. The summed E-state index contributed by atoms with van der Waals surface area (Å²) < 4.78 is 5.53. The molecular weight excluding hydrogens is 411 g/mol. The molecule has 29 heavy (non-hydrogen) atoms. The summed E-state index contributed by atoms with van der Waals surface area (Å²) in [7, 11) is 0. The van der Waals surface area contributed by atoms with Crippen LogP contribution in [0, 0.1) is 0 Å². The topological polar surface area (TPSA) is 71.3 Å². The molecule has 0 fully saturated rings. The van der Waals surface area contributed by atoms with E-state index < -0.39 is 0 Å². The Bertz CT molecular complexity index is 960. The van der Waals surface area contributed by atoms with Crippen LogP contribution in [0.5, 0.6) is 0 Å². The van der Waals surface area contributed by atoms with E-state index in [1.165, 1.54) is 6.26 Å². The molecule has 2 aromatic heterocycles. The zero-order valence-corrected chi connectivity index (χ0v) is 17.7. The van der Waals surface area contributed by atoms with E-state index in [2.05, 4.69) is 34.0 Å². The van der Waals surface area contributed by atoms with Crippen molar-refractivity contribution in [2.24, 2.45) is 0 Å². The van der Waals surface area contributed by atoms with Crippen LogP contribution in [-0.2, 0) is 19.6 Å². The van der Waals surface area contributed by atoms with Gasteiger partial charge in [-0.25, -0.2) is 4.98 Å². The number of rotatable bonds is 8. The quantitative estimate of drug-likeness (QED) is 0.557. The van der Waals surface area contributed by atoms with Crippen LogP contribution >= 0.6 is 23.2 Å². The standard InChI is InChI=1S/C21H22Cl2N4O2/c1-14(2)27(11-16-4-3-5-17(22)20(16)23)12-19-26-18(13-29-19)21(28)25-10-15-6-8-24-9-7-15/h3-9,13-14H,10-12H2,1-2H3,(H,25,28). The summed E-state index contributed by atoms with van der Waals surface area (Å²) in [6, 6.07) is 9.47. The van der Waals surface area contributed by atoms with Crippen molar-refractivity contribution in [2.45, 2.75) is 39.5 Å². The van der Waals surface area contributed by atoms with Gasteiger partial charge in [-0.2, -0.15) is 0 Å². The average Bonchev–Trinajstić information content (AvgIpc) is 3.18. The Hall–Kier alpha value is -2.41. The first-order valence-corrected chi connectivity index (χ1v) is 9.98. The van der Waals surface area contributed by atoms with Gasteiger partial charge >= 0.3 is 0 Å². The van der Waals surface area contributed by atoms with Gasteiger partial charge in [0.2, 0.25) is 5.89 Å². The highest BCUT2D eigenvalue weighted by molar-refractivity contribution is 6.42. The van der Waals surface area contributed by atoms with E-state index >= 15 is 0 Å². The number of benzene rings is 1. The molecule has 1 N–H and O–H groups in total. The summed E-state index contributed by atoms with van der Waals surface area (Å²) in [5.74, 6) is 0.178. The summed E-state index contributed by atoms with van der Waals surface area (Å²) in [5, 5.41) is 3.89. The SMILES string of the molecule is CC(C)N(Cc1nc(C(=O)NCc2ccncc2)co1)Cc1cccc(Cl)c1Cl. The molecule has 3 aromatic rings. The fourth-order valence-electron chi connectivity index (χ4n) is 2.75. The molecule has 0 aliphatic rings. The second-order valence-electron chi connectivity index (χ2n) is 6.88. The average molecular weight is 433 g/mol. The molecule has 0 unspecified atom stereocenters. The van der Waals surface area contributed by atoms with Crippen molar-refractivity contribution < 1.29 is 9.21 Å². The molecule has 0 saturated carbocycles. The Morgan fingerprint density at radius 3 is 2.66 bits per heavy atom. The van der Waals surface area contributed by atoms with Gasteiger partial charge in [-0.05, 0) is 43.2 Å². The number of carbonyl (C=O) groups is 1. The fraction of sp³-hybridized carbons (Fsp3) is 0.286. The van der Waals surface area contributed by atoms with Gasteiger partial charge in [0.15, 0.2) is 5.69 Å². The van der Waals surface area contributed by atoms with E-state index in [9.17, 15) is 4.79 Å². The van der Waals surface area contributed by atoms with Crippen LogP contribution < -0.4 is 5.32 Å². The summed E-state index contributed by atoms with van der Waals surface area (Å²) in [4.78, 5) is 22.8. The number of hydrogen-bond acceptors (Lipinski definition) is 5. The van der Waals surface area contributed by atoms with Crippen LogP contribution in [-0.4, -0.2) is 26.8 Å². The lowest BCUT2D eigenvalue weighted by Gasteiger charge is -2.25. The van der Waals surface area contributed by atoms with Gasteiger partial charge in [-0.3, -0.25) is 14.7 Å². The predicted molar refractivity (Wildman–Crippen MR) is 113 cm³/mol. The molecular formula is C21H22Cl2N4O2. The molecule has 152 valence electrons. The smallest absolute Gasteiger partial charge is 0.273 e. The van der Waals surface area contributed by atoms with Crippen molar-refractivity contribution in [3.05, 3.63) is 81.7 Å². The number of pyridine rings is 1. The monoisotopic (exact) mass is 432 g/mol. The van der Waals surface area contributed by atoms with Crippen molar-refractivity contribution in [1.29, 1.82) is 0 Å². The van der Waals surface area contributed by atoms with E-state index in [1.807, 2.05) is 24.3 Å². The van der Waals surface area contributed by atoms with Gasteiger partial charge in [0.1, 0.15) is 6.26 Å². The summed E-state index contributed by atoms with van der Waals surface area (Å²) in [5.41, 5.74) is 2.13. The van der Waals surface area contributed by atoms with E-state index in [0.717, 1.165) is 11.1 Å². The maximum absolute atomic E-state index is 12.3. The number of nitrogens with zero attached hydrogens (tertiary/aromatic N) is 3. The number of aromatic nitrogens is 2. The first kappa shape index (κ1) is 21.3. The minimum atomic E-state index is -0.286. The lowest BCUT2D eigenvalue weighted by molar-refractivity contribution is 0.0945. The van der Waals surface area contributed by atoms with E-state index in [1.54, 1.807) is 18.5 Å².